The molecule has 0 amide bonds. The van der Waals surface area contributed by atoms with Gasteiger partial charge >= 0.3 is 0 Å². The van der Waals surface area contributed by atoms with E-state index in [0.29, 0.717) is 37.0 Å². The molecule has 1 N–H and O–H groups in total. The number of oxazole rings is 1. The van der Waals surface area contributed by atoms with Crippen molar-refractivity contribution in [1.29, 1.82) is 5.26 Å². The summed E-state index contributed by atoms with van der Waals surface area (Å²) in [4.78, 5) is 8.51. The van der Waals surface area contributed by atoms with Gasteiger partial charge in [0.25, 0.3) is 0 Å². The lowest BCUT2D eigenvalue weighted by Gasteiger charge is -2.30. The van der Waals surface area contributed by atoms with Gasteiger partial charge in [-0.1, -0.05) is 6.92 Å². The van der Waals surface area contributed by atoms with E-state index in [1.54, 1.807) is 41.1 Å². The lowest BCUT2D eigenvalue weighted by molar-refractivity contribution is 0.281. The number of nitrogens with one attached hydrogen (secondary N) is 1. The summed E-state index contributed by atoms with van der Waals surface area (Å²) in [5, 5.41) is 12.5. The van der Waals surface area contributed by atoms with Gasteiger partial charge in [-0.25, -0.2) is 13.4 Å². The molecule has 0 radical (unpaired) electrons. The number of rotatable bonds is 8. The number of nitrogens with zero attached hydrogens (tertiary/aromatic N) is 5. The molecule has 1 aliphatic rings. The van der Waals surface area contributed by atoms with Crippen molar-refractivity contribution in [3.63, 3.8) is 0 Å². The predicted molar refractivity (Wildman–Crippen MR) is 119 cm³/mol. The largest absolute Gasteiger partial charge is 0.419 e. The maximum absolute atomic E-state index is 12.9. The van der Waals surface area contributed by atoms with Crippen LogP contribution in [0.25, 0.3) is 11.5 Å². The lowest BCUT2D eigenvalue weighted by Crippen LogP contribution is -2.39. The van der Waals surface area contributed by atoms with Crippen molar-refractivity contribution in [2.45, 2.75) is 37.6 Å². The van der Waals surface area contributed by atoms with Crippen LogP contribution in [0.5, 0.6) is 0 Å². The van der Waals surface area contributed by atoms with Crippen molar-refractivity contribution in [1.82, 2.24) is 18.8 Å². The Kier molecular flexibility index (Phi) is 6.58. The van der Waals surface area contributed by atoms with Crippen molar-refractivity contribution < 1.29 is 12.8 Å². The molecule has 10 heteroatoms. The fourth-order valence-corrected chi connectivity index (χ4v) is 5.40. The fourth-order valence-electron chi connectivity index (χ4n) is 3.80. The summed E-state index contributed by atoms with van der Waals surface area (Å²) in [6.45, 7) is 4.57. The standard InChI is InChI=1S/C22H26N6O3S/c1-17-4-2-12-28(15-17)32(29,30)19-7-5-18(6-8-19)21-26-20(14-23)22(31-21)25-9-3-11-27-13-10-24-16-27/h5-8,10,13,16-17,25H,2-4,9,11-12,15H2,1H3/t17-/m0/s1. The quantitative estimate of drug-likeness (QED) is 0.519. The highest BCUT2D eigenvalue weighted by atomic mass is 32.2. The molecular weight excluding hydrogens is 428 g/mol. The van der Waals surface area contributed by atoms with Crippen LogP contribution in [-0.2, 0) is 16.6 Å². The molecule has 0 aliphatic carbocycles. The molecule has 3 aromatic rings. The van der Waals surface area contributed by atoms with E-state index in [9.17, 15) is 13.7 Å². The van der Waals surface area contributed by atoms with Gasteiger partial charge in [-0.15, -0.1) is 0 Å². The minimum absolute atomic E-state index is 0.168. The molecule has 1 aliphatic heterocycles. The van der Waals surface area contributed by atoms with Crippen LogP contribution < -0.4 is 5.32 Å². The first-order valence-corrected chi connectivity index (χ1v) is 12.1. The zero-order valence-electron chi connectivity index (χ0n) is 17.9. The first-order valence-electron chi connectivity index (χ1n) is 10.7. The fraction of sp³-hybridized carbons (Fsp3) is 0.409. The topological polar surface area (TPSA) is 117 Å². The minimum atomic E-state index is -3.52. The molecule has 9 nitrogen and oxygen atoms in total. The van der Waals surface area contributed by atoms with Crippen LogP contribution in [0, 0.1) is 17.2 Å². The number of imidazole rings is 1. The molecule has 2 aromatic heterocycles. The van der Waals surface area contributed by atoms with Gasteiger partial charge in [0.2, 0.25) is 27.5 Å². The molecule has 1 aromatic carbocycles. The lowest BCUT2D eigenvalue weighted by atomic mass is 10.0. The molecular formula is C22H26N6O3S. The predicted octanol–water partition coefficient (Wildman–Crippen LogP) is 3.33. The van der Waals surface area contributed by atoms with Crippen LogP contribution in [0.3, 0.4) is 0 Å². The third kappa shape index (κ3) is 4.84. The Hall–Kier alpha value is -3.16. The Morgan fingerprint density at radius 2 is 2.12 bits per heavy atom. The van der Waals surface area contributed by atoms with Gasteiger partial charge in [-0.2, -0.15) is 14.6 Å². The molecule has 168 valence electrons. The van der Waals surface area contributed by atoms with E-state index in [1.807, 2.05) is 16.8 Å². The van der Waals surface area contributed by atoms with Crippen LogP contribution in [0.2, 0.25) is 0 Å². The van der Waals surface area contributed by atoms with Gasteiger partial charge in [0.05, 0.1) is 11.2 Å². The van der Waals surface area contributed by atoms with Crippen molar-refractivity contribution in [3.05, 3.63) is 48.7 Å². The Morgan fingerprint density at radius 1 is 1.31 bits per heavy atom. The van der Waals surface area contributed by atoms with E-state index < -0.39 is 10.0 Å². The number of sulfonamides is 1. The Bertz CT molecular complexity index is 1180. The first kappa shape index (κ1) is 22.0. The van der Waals surface area contributed by atoms with Crippen LogP contribution in [0.1, 0.15) is 31.9 Å². The summed E-state index contributed by atoms with van der Waals surface area (Å²) < 4.78 is 35.2. The molecule has 0 unspecified atom stereocenters. The smallest absolute Gasteiger partial charge is 0.243 e. The summed E-state index contributed by atoms with van der Waals surface area (Å²) in [7, 11) is -3.52. The van der Waals surface area contributed by atoms with Crippen LogP contribution >= 0.6 is 0 Å². The first-order chi connectivity index (χ1) is 15.5. The van der Waals surface area contributed by atoms with Gasteiger partial charge in [-0.3, -0.25) is 0 Å². The van der Waals surface area contributed by atoms with Crippen molar-refractivity contribution in [2.75, 3.05) is 25.0 Å². The Labute approximate surface area is 187 Å². The molecule has 1 atom stereocenters. The second kappa shape index (κ2) is 9.54. The third-order valence-corrected chi connectivity index (χ3v) is 7.41. The number of piperidine rings is 1. The van der Waals surface area contributed by atoms with E-state index in [2.05, 4.69) is 22.2 Å². The van der Waals surface area contributed by atoms with Gasteiger partial charge in [0, 0.05) is 44.1 Å². The molecule has 3 heterocycles. The van der Waals surface area contributed by atoms with Crippen molar-refractivity contribution in [3.8, 4) is 17.5 Å². The monoisotopic (exact) mass is 454 g/mol. The maximum Gasteiger partial charge on any atom is 0.243 e. The van der Waals surface area contributed by atoms with Crippen LogP contribution in [0.4, 0.5) is 5.88 Å². The Morgan fingerprint density at radius 3 is 2.81 bits per heavy atom. The second-order valence-corrected chi connectivity index (χ2v) is 9.96. The maximum atomic E-state index is 12.9. The van der Waals surface area contributed by atoms with Crippen LogP contribution in [-0.4, -0.2) is 46.9 Å². The normalized spacial score (nSPS) is 17.2. The molecule has 0 saturated carbocycles. The number of hydrogen-bond donors (Lipinski definition) is 1. The SMILES string of the molecule is C[C@H]1CCCN(S(=O)(=O)c2ccc(-c3nc(C#N)c(NCCCn4ccnc4)o3)cc2)C1. The summed E-state index contributed by atoms with van der Waals surface area (Å²) in [6, 6.07) is 8.50. The number of hydrogen-bond acceptors (Lipinski definition) is 7. The molecule has 4 rings (SSSR count). The van der Waals surface area contributed by atoms with Gasteiger partial charge in [0.1, 0.15) is 6.07 Å². The van der Waals surface area contributed by atoms with Crippen molar-refractivity contribution in [2.24, 2.45) is 5.92 Å². The highest BCUT2D eigenvalue weighted by Crippen LogP contribution is 2.28. The Balaban J connectivity index is 1.44. The molecule has 1 saturated heterocycles. The minimum Gasteiger partial charge on any atom is -0.419 e. The van der Waals surface area contributed by atoms with Gasteiger partial charge < -0.3 is 14.3 Å². The van der Waals surface area contributed by atoms with Gasteiger partial charge in [-0.05, 0) is 49.4 Å². The highest BCUT2D eigenvalue weighted by molar-refractivity contribution is 7.89. The van der Waals surface area contributed by atoms with E-state index in [4.69, 9.17) is 4.42 Å². The summed E-state index contributed by atoms with van der Waals surface area (Å²) in [5.41, 5.74) is 0.778. The number of nitriles is 1. The molecule has 1 fully saturated rings. The van der Waals surface area contributed by atoms with E-state index in [1.165, 1.54) is 0 Å². The third-order valence-electron chi connectivity index (χ3n) is 5.53. The van der Waals surface area contributed by atoms with E-state index >= 15 is 0 Å². The number of anilines is 1. The number of benzene rings is 1. The molecule has 32 heavy (non-hydrogen) atoms. The second-order valence-electron chi connectivity index (χ2n) is 8.02. The average molecular weight is 455 g/mol. The zero-order valence-corrected chi connectivity index (χ0v) is 18.8. The number of aromatic nitrogens is 3. The summed E-state index contributed by atoms with van der Waals surface area (Å²) >= 11 is 0. The summed E-state index contributed by atoms with van der Waals surface area (Å²) in [6.07, 6.45) is 8.12. The van der Waals surface area contributed by atoms with E-state index in [-0.39, 0.29) is 16.5 Å². The van der Waals surface area contributed by atoms with Gasteiger partial charge in [0.15, 0.2) is 0 Å². The summed E-state index contributed by atoms with van der Waals surface area (Å²) in [5.74, 6) is 0.946. The van der Waals surface area contributed by atoms with Crippen LogP contribution in [0.15, 0.2) is 52.3 Å². The highest BCUT2D eigenvalue weighted by Gasteiger charge is 2.28. The molecule has 0 bridgehead atoms. The van der Waals surface area contributed by atoms with Crippen molar-refractivity contribution >= 4 is 15.9 Å². The zero-order chi connectivity index (χ0) is 22.6. The molecule has 0 spiro atoms. The number of aryl methyl sites for hydroxylation is 1. The van der Waals surface area contributed by atoms with E-state index in [0.717, 1.165) is 25.8 Å². The average Bonchev–Trinajstić information content (AvgIpc) is 3.46.